The zero-order valence-corrected chi connectivity index (χ0v) is 14.0. The van der Waals surface area contributed by atoms with Crippen molar-refractivity contribution in [2.24, 2.45) is 5.92 Å². The lowest BCUT2D eigenvalue weighted by atomic mass is 9.97. The van der Waals surface area contributed by atoms with E-state index in [-0.39, 0.29) is 17.9 Å². The van der Waals surface area contributed by atoms with Crippen LogP contribution in [0.3, 0.4) is 0 Å². The molecule has 1 heterocycles. The van der Waals surface area contributed by atoms with Gasteiger partial charge in [0.25, 0.3) is 0 Å². The molecule has 2 amide bonds. The Morgan fingerprint density at radius 1 is 1.39 bits per heavy atom. The van der Waals surface area contributed by atoms with E-state index in [4.69, 9.17) is 4.74 Å². The van der Waals surface area contributed by atoms with Crippen LogP contribution in [0.4, 0.5) is 10.5 Å². The third-order valence-electron chi connectivity index (χ3n) is 3.92. The molecule has 1 atom stereocenters. The molecule has 2 rings (SSSR count). The van der Waals surface area contributed by atoms with Crippen molar-refractivity contribution in [1.29, 1.82) is 0 Å². The third-order valence-corrected chi connectivity index (χ3v) is 3.92. The van der Waals surface area contributed by atoms with Crippen molar-refractivity contribution in [1.82, 2.24) is 9.80 Å². The summed E-state index contributed by atoms with van der Waals surface area (Å²) in [6, 6.07) is 7.85. The van der Waals surface area contributed by atoms with E-state index in [1.807, 2.05) is 38.4 Å². The number of likely N-dealkylation sites (tertiary alicyclic amines) is 1. The van der Waals surface area contributed by atoms with Gasteiger partial charge in [0.1, 0.15) is 0 Å². The molecule has 6 nitrogen and oxygen atoms in total. The molecule has 0 aliphatic carbocycles. The summed E-state index contributed by atoms with van der Waals surface area (Å²) < 4.78 is 4.74. The molecule has 1 aromatic carbocycles. The normalized spacial score (nSPS) is 17.9. The van der Waals surface area contributed by atoms with Crippen molar-refractivity contribution >= 4 is 17.7 Å². The van der Waals surface area contributed by atoms with Crippen LogP contribution in [0.1, 0.15) is 18.4 Å². The predicted molar refractivity (Wildman–Crippen MR) is 89.2 cm³/mol. The number of methoxy groups -OCH3 is 1. The minimum absolute atomic E-state index is 0.0411. The van der Waals surface area contributed by atoms with Crippen LogP contribution in [0, 0.1) is 5.92 Å². The van der Waals surface area contributed by atoms with Gasteiger partial charge >= 0.3 is 6.09 Å². The highest BCUT2D eigenvalue weighted by Gasteiger charge is 2.28. The number of hydrogen-bond donors (Lipinski definition) is 1. The van der Waals surface area contributed by atoms with E-state index in [2.05, 4.69) is 10.2 Å². The van der Waals surface area contributed by atoms with E-state index in [1.165, 1.54) is 7.11 Å². The predicted octanol–water partition coefficient (Wildman–Crippen LogP) is 2.17. The molecule has 23 heavy (non-hydrogen) atoms. The van der Waals surface area contributed by atoms with Gasteiger partial charge in [0.05, 0.1) is 13.0 Å². The van der Waals surface area contributed by atoms with Crippen LogP contribution in [0.2, 0.25) is 0 Å². The number of nitrogens with zero attached hydrogens (tertiary/aromatic N) is 2. The number of anilines is 1. The second-order valence-electron chi connectivity index (χ2n) is 6.18. The fourth-order valence-corrected chi connectivity index (χ4v) is 2.84. The highest BCUT2D eigenvalue weighted by molar-refractivity contribution is 5.93. The number of nitrogens with one attached hydrogen (secondary N) is 1. The van der Waals surface area contributed by atoms with Crippen molar-refractivity contribution in [2.45, 2.75) is 19.4 Å². The summed E-state index contributed by atoms with van der Waals surface area (Å²) in [5, 5.41) is 2.97. The van der Waals surface area contributed by atoms with Gasteiger partial charge < -0.3 is 19.9 Å². The van der Waals surface area contributed by atoms with E-state index in [0.29, 0.717) is 13.1 Å². The average molecular weight is 319 g/mol. The molecule has 0 unspecified atom stereocenters. The molecule has 6 heteroatoms. The Balaban J connectivity index is 1.97. The van der Waals surface area contributed by atoms with Crippen LogP contribution < -0.4 is 5.32 Å². The van der Waals surface area contributed by atoms with Crippen LogP contribution in [0.25, 0.3) is 0 Å². The first kappa shape index (κ1) is 17.3. The Hall–Kier alpha value is -2.08. The summed E-state index contributed by atoms with van der Waals surface area (Å²) in [5.74, 6) is -0.235. The Morgan fingerprint density at radius 2 is 2.17 bits per heavy atom. The number of carbonyl (C=O) groups excluding carboxylic acids is 2. The van der Waals surface area contributed by atoms with Crippen LogP contribution in [0.5, 0.6) is 0 Å². The Labute approximate surface area is 137 Å². The summed E-state index contributed by atoms with van der Waals surface area (Å²) in [5.41, 5.74) is 1.94. The third kappa shape index (κ3) is 4.96. The lowest BCUT2D eigenvalue weighted by Gasteiger charge is -2.30. The molecule has 1 N–H and O–H groups in total. The van der Waals surface area contributed by atoms with Crippen LogP contribution in [-0.4, -0.2) is 56.1 Å². The lowest BCUT2D eigenvalue weighted by Crippen LogP contribution is -2.43. The molecular weight excluding hydrogens is 294 g/mol. The van der Waals surface area contributed by atoms with Crippen molar-refractivity contribution < 1.29 is 14.3 Å². The molecule has 1 aromatic rings. The zero-order chi connectivity index (χ0) is 16.8. The SMILES string of the molecule is COC(=O)N1CCC[C@H](C(=O)Nc2cccc(CN(C)C)c2)C1. The minimum atomic E-state index is -0.365. The molecule has 1 fully saturated rings. The summed E-state index contributed by atoms with van der Waals surface area (Å²) in [6.45, 7) is 1.88. The maximum Gasteiger partial charge on any atom is 0.409 e. The number of carbonyl (C=O) groups is 2. The largest absolute Gasteiger partial charge is 0.453 e. The number of rotatable bonds is 4. The van der Waals surface area contributed by atoms with Crippen LogP contribution >= 0.6 is 0 Å². The number of benzene rings is 1. The Morgan fingerprint density at radius 3 is 2.87 bits per heavy atom. The van der Waals surface area contributed by atoms with Crippen LogP contribution in [-0.2, 0) is 16.1 Å². The average Bonchev–Trinajstić information content (AvgIpc) is 2.54. The summed E-state index contributed by atoms with van der Waals surface area (Å²) >= 11 is 0. The van der Waals surface area contributed by atoms with E-state index < -0.39 is 0 Å². The van der Waals surface area contributed by atoms with Gasteiger partial charge in [-0.25, -0.2) is 4.79 Å². The molecule has 0 saturated carbocycles. The second-order valence-corrected chi connectivity index (χ2v) is 6.18. The monoisotopic (exact) mass is 319 g/mol. The van der Waals surface area contributed by atoms with Gasteiger partial charge in [0, 0.05) is 25.3 Å². The van der Waals surface area contributed by atoms with Crippen molar-refractivity contribution in [3.8, 4) is 0 Å². The number of hydrogen-bond acceptors (Lipinski definition) is 4. The molecule has 126 valence electrons. The molecular formula is C17H25N3O3. The van der Waals surface area contributed by atoms with E-state index in [9.17, 15) is 9.59 Å². The molecule has 0 aromatic heterocycles. The highest BCUT2D eigenvalue weighted by Crippen LogP contribution is 2.20. The first-order valence-electron chi connectivity index (χ1n) is 7.87. The Bertz CT molecular complexity index is 560. The minimum Gasteiger partial charge on any atom is -0.453 e. The van der Waals surface area contributed by atoms with Gasteiger partial charge in [-0.1, -0.05) is 12.1 Å². The van der Waals surface area contributed by atoms with Gasteiger partial charge in [0.15, 0.2) is 0 Å². The summed E-state index contributed by atoms with van der Waals surface area (Å²) in [4.78, 5) is 27.7. The molecule has 1 saturated heterocycles. The topological polar surface area (TPSA) is 61.9 Å². The standard InChI is InChI=1S/C17H25N3O3/c1-19(2)11-13-6-4-8-15(10-13)18-16(21)14-7-5-9-20(12-14)17(22)23-3/h4,6,8,10,14H,5,7,9,11-12H2,1-3H3,(H,18,21)/t14-/m0/s1. The van der Waals surface area contributed by atoms with Crippen molar-refractivity contribution in [2.75, 3.05) is 39.6 Å². The Kier molecular flexibility index (Phi) is 5.98. The fourth-order valence-electron chi connectivity index (χ4n) is 2.84. The molecule has 0 radical (unpaired) electrons. The smallest absolute Gasteiger partial charge is 0.409 e. The maximum atomic E-state index is 12.5. The molecule has 0 spiro atoms. The summed E-state index contributed by atoms with van der Waals surface area (Å²) in [7, 11) is 5.38. The van der Waals surface area contributed by atoms with Gasteiger partial charge in [-0.2, -0.15) is 0 Å². The van der Waals surface area contributed by atoms with Gasteiger partial charge in [-0.3, -0.25) is 4.79 Å². The summed E-state index contributed by atoms with van der Waals surface area (Å²) in [6.07, 6.45) is 1.24. The van der Waals surface area contributed by atoms with E-state index in [0.717, 1.165) is 30.6 Å². The fraction of sp³-hybridized carbons (Fsp3) is 0.529. The van der Waals surface area contributed by atoms with Crippen molar-refractivity contribution in [3.05, 3.63) is 29.8 Å². The van der Waals surface area contributed by atoms with E-state index >= 15 is 0 Å². The lowest BCUT2D eigenvalue weighted by molar-refractivity contribution is -0.121. The first-order valence-corrected chi connectivity index (χ1v) is 7.87. The number of piperidine rings is 1. The highest BCUT2D eigenvalue weighted by atomic mass is 16.5. The first-order chi connectivity index (χ1) is 11.0. The van der Waals surface area contributed by atoms with Gasteiger partial charge in [0.2, 0.25) is 5.91 Å². The molecule has 1 aliphatic heterocycles. The van der Waals surface area contributed by atoms with Crippen LogP contribution in [0.15, 0.2) is 24.3 Å². The zero-order valence-electron chi connectivity index (χ0n) is 14.0. The maximum absolute atomic E-state index is 12.5. The quantitative estimate of drug-likeness (QED) is 0.924. The van der Waals surface area contributed by atoms with E-state index in [1.54, 1.807) is 4.90 Å². The number of amides is 2. The number of ether oxygens (including phenoxy) is 1. The van der Waals surface area contributed by atoms with Gasteiger partial charge in [-0.05, 0) is 44.6 Å². The second kappa shape index (κ2) is 7.97. The molecule has 1 aliphatic rings. The van der Waals surface area contributed by atoms with Gasteiger partial charge in [-0.15, -0.1) is 0 Å². The van der Waals surface area contributed by atoms with Crippen molar-refractivity contribution in [3.63, 3.8) is 0 Å². The molecule has 0 bridgehead atoms.